The second kappa shape index (κ2) is 11.2. The van der Waals surface area contributed by atoms with Gasteiger partial charge in [-0.3, -0.25) is 0 Å². The Kier molecular flexibility index (Phi) is 9.32. The largest absolute Gasteiger partial charge is 0.378 e. The van der Waals surface area contributed by atoms with E-state index in [1.807, 2.05) is 0 Å². The number of hydrogen-bond acceptors (Lipinski definition) is 2. The Bertz CT molecular complexity index is 383. The van der Waals surface area contributed by atoms with Gasteiger partial charge in [0.15, 0.2) is 0 Å². The van der Waals surface area contributed by atoms with Crippen molar-refractivity contribution >= 4 is 0 Å². The molecule has 0 N–H and O–H groups in total. The first-order chi connectivity index (χ1) is 12.2. The molecule has 2 fully saturated rings. The number of nitriles is 1. The lowest BCUT2D eigenvalue weighted by Gasteiger charge is -2.36. The first-order valence-electron chi connectivity index (χ1n) is 11.2. The predicted octanol–water partition coefficient (Wildman–Crippen LogP) is 7.03. The van der Waals surface area contributed by atoms with Gasteiger partial charge in [-0.05, 0) is 56.8 Å². The Labute approximate surface area is 156 Å². The normalized spacial score (nSPS) is 33.1. The van der Waals surface area contributed by atoms with E-state index >= 15 is 0 Å². The first-order valence-corrected chi connectivity index (χ1v) is 11.2. The lowest BCUT2D eigenvalue weighted by atomic mass is 9.71. The summed E-state index contributed by atoms with van der Waals surface area (Å²) in [5.41, 5.74) is -0.0359. The molecule has 0 heterocycles. The van der Waals surface area contributed by atoms with Crippen LogP contribution >= 0.6 is 0 Å². The first kappa shape index (κ1) is 20.8. The molecule has 25 heavy (non-hydrogen) atoms. The summed E-state index contributed by atoms with van der Waals surface area (Å²) < 4.78 is 6.29. The van der Waals surface area contributed by atoms with Gasteiger partial charge in [-0.2, -0.15) is 5.26 Å². The number of rotatable bonds is 10. The molecule has 2 rings (SSSR count). The molecular weight excluding hydrogens is 306 g/mol. The molecule has 2 aliphatic rings. The summed E-state index contributed by atoms with van der Waals surface area (Å²) in [7, 11) is 0. The second-order valence-electron chi connectivity index (χ2n) is 8.91. The van der Waals surface area contributed by atoms with E-state index < -0.39 is 0 Å². The minimum Gasteiger partial charge on any atom is -0.378 e. The molecular formula is C23H41NO. The van der Waals surface area contributed by atoms with Crippen LogP contribution in [0.15, 0.2) is 0 Å². The molecule has 0 aromatic rings. The molecule has 0 aliphatic heterocycles. The lowest BCUT2D eigenvalue weighted by Crippen LogP contribution is -2.31. The topological polar surface area (TPSA) is 33.0 Å². The number of hydrogen-bond donors (Lipinski definition) is 0. The molecule has 0 amide bonds. The van der Waals surface area contributed by atoms with Crippen LogP contribution in [0.3, 0.4) is 0 Å². The predicted molar refractivity (Wildman–Crippen MR) is 105 cm³/mol. The third kappa shape index (κ3) is 6.93. The zero-order valence-corrected chi connectivity index (χ0v) is 16.9. The zero-order chi connectivity index (χ0) is 18.0. The van der Waals surface area contributed by atoms with Crippen molar-refractivity contribution in [1.82, 2.24) is 0 Å². The maximum Gasteiger partial charge on any atom is 0.0689 e. The van der Waals surface area contributed by atoms with Crippen LogP contribution in [-0.4, -0.2) is 12.7 Å². The molecule has 2 aliphatic carbocycles. The third-order valence-electron chi connectivity index (χ3n) is 6.87. The van der Waals surface area contributed by atoms with Crippen molar-refractivity contribution in [1.29, 1.82) is 5.26 Å². The quantitative estimate of drug-likeness (QED) is 0.397. The lowest BCUT2D eigenvalue weighted by molar-refractivity contribution is -0.0184. The maximum absolute atomic E-state index is 9.70. The molecule has 0 radical (unpaired) electrons. The van der Waals surface area contributed by atoms with Crippen molar-refractivity contribution in [2.75, 3.05) is 6.61 Å². The van der Waals surface area contributed by atoms with Gasteiger partial charge in [0.25, 0.3) is 0 Å². The van der Waals surface area contributed by atoms with E-state index in [1.54, 1.807) is 0 Å². The molecule has 2 heteroatoms. The smallest absolute Gasteiger partial charge is 0.0689 e. The van der Waals surface area contributed by atoms with Crippen molar-refractivity contribution in [3.63, 3.8) is 0 Å². The van der Waals surface area contributed by atoms with Crippen LogP contribution in [0.2, 0.25) is 0 Å². The van der Waals surface area contributed by atoms with Gasteiger partial charge in [0.2, 0.25) is 0 Å². The molecule has 0 aromatic carbocycles. The average Bonchev–Trinajstić information content (AvgIpc) is 2.66. The Hall–Kier alpha value is -0.550. The number of nitrogens with zero attached hydrogens (tertiary/aromatic N) is 1. The standard InChI is InChI=1S/C23H41NO/c1-3-5-6-7-15-23(19-24)16-13-22(14-17-23)25-18-21-11-9-20(8-4-2)10-12-21/h20-22H,3-18H2,1-2H3/t20-,21-,22-,23-. The fourth-order valence-corrected chi connectivity index (χ4v) is 4.99. The molecule has 2 saturated carbocycles. The molecule has 0 aromatic heterocycles. The molecule has 0 atom stereocenters. The minimum atomic E-state index is -0.0359. The summed E-state index contributed by atoms with van der Waals surface area (Å²) in [6.07, 6.45) is 19.3. The SMILES string of the molecule is CCCCCC[C@]1(C#N)CC[C@H](OC[C@H]2CC[C@H](CCC)CC2)CC1. The van der Waals surface area contributed by atoms with Crippen LogP contribution in [0.1, 0.15) is 110 Å². The Morgan fingerprint density at radius 2 is 1.56 bits per heavy atom. The van der Waals surface area contributed by atoms with Gasteiger partial charge in [0.05, 0.1) is 17.6 Å². The van der Waals surface area contributed by atoms with Crippen LogP contribution in [0.25, 0.3) is 0 Å². The van der Waals surface area contributed by atoms with Crippen LogP contribution < -0.4 is 0 Å². The number of ether oxygens (including phenoxy) is 1. The Morgan fingerprint density at radius 1 is 0.880 bits per heavy atom. The summed E-state index contributed by atoms with van der Waals surface area (Å²) in [6, 6.07) is 2.68. The van der Waals surface area contributed by atoms with Crippen molar-refractivity contribution in [3.8, 4) is 6.07 Å². The van der Waals surface area contributed by atoms with Crippen molar-refractivity contribution < 1.29 is 4.74 Å². The molecule has 0 saturated heterocycles. The molecule has 144 valence electrons. The van der Waals surface area contributed by atoms with Gasteiger partial charge >= 0.3 is 0 Å². The molecule has 0 unspecified atom stereocenters. The summed E-state index contributed by atoms with van der Waals surface area (Å²) >= 11 is 0. The van der Waals surface area contributed by atoms with E-state index in [4.69, 9.17) is 4.74 Å². The zero-order valence-electron chi connectivity index (χ0n) is 16.9. The third-order valence-corrected chi connectivity index (χ3v) is 6.87. The van der Waals surface area contributed by atoms with Gasteiger partial charge in [0.1, 0.15) is 0 Å². The summed E-state index contributed by atoms with van der Waals surface area (Å²) in [5, 5.41) is 9.70. The highest BCUT2D eigenvalue weighted by molar-refractivity contribution is 5.01. The van der Waals surface area contributed by atoms with Crippen molar-refractivity contribution in [3.05, 3.63) is 0 Å². The highest BCUT2D eigenvalue weighted by Gasteiger charge is 2.35. The molecule has 0 spiro atoms. The fourth-order valence-electron chi connectivity index (χ4n) is 4.99. The highest BCUT2D eigenvalue weighted by Crippen LogP contribution is 2.41. The monoisotopic (exact) mass is 347 g/mol. The second-order valence-corrected chi connectivity index (χ2v) is 8.91. The summed E-state index contributed by atoms with van der Waals surface area (Å²) in [5.74, 6) is 1.78. The fraction of sp³-hybridized carbons (Fsp3) is 0.957. The van der Waals surface area contributed by atoms with Gasteiger partial charge in [-0.1, -0.05) is 65.2 Å². The van der Waals surface area contributed by atoms with E-state index in [0.29, 0.717) is 6.10 Å². The maximum atomic E-state index is 9.70. The van der Waals surface area contributed by atoms with Crippen LogP contribution in [0.4, 0.5) is 0 Å². The van der Waals surface area contributed by atoms with Crippen LogP contribution in [-0.2, 0) is 4.74 Å². The summed E-state index contributed by atoms with van der Waals surface area (Å²) in [6.45, 7) is 5.53. The average molecular weight is 348 g/mol. The van der Waals surface area contributed by atoms with E-state index in [2.05, 4.69) is 19.9 Å². The van der Waals surface area contributed by atoms with Gasteiger partial charge in [0, 0.05) is 6.61 Å². The van der Waals surface area contributed by atoms with E-state index in [0.717, 1.165) is 50.5 Å². The van der Waals surface area contributed by atoms with Gasteiger partial charge in [-0.15, -0.1) is 0 Å². The number of unbranched alkanes of at least 4 members (excludes halogenated alkanes) is 3. The Balaban J connectivity index is 1.62. The molecule has 2 nitrogen and oxygen atoms in total. The van der Waals surface area contributed by atoms with E-state index in [9.17, 15) is 5.26 Å². The minimum absolute atomic E-state index is 0.0359. The van der Waals surface area contributed by atoms with Crippen molar-refractivity contribution in [2.45, 2.75) is 116 Å². The molecule has 0 bridgehead atoms. The highest BCUT2D eigenvalue weighted by atomic mass is 16.5. The van der Waals surface area contributed by atoms with Gasteiger partial charge in [-0.25, -0.2) is 0 Å². The van der Waals surface area contributed by atoms with Crippen LogP contribution in [0.5, 0.6) is 0 Å². The van der Waals surface area contributed by atoms with Crippen molar-refractivity contribution in [2.24, 2.45) is 17.3 Å². The van der Waals surface area contributed by atoms with E-state index in [1.165, 1.54) is 64.2 Å². The Morgan fingerprint density at radius 3 is 2.16 bits per heavy atom. The summed E-state index contributed by atoms with van der Waals surface area (Å²) in [4.78, 5) is 0. The van der Waals surface area contributed by atoms with Gasteiger partial charge < -0.3 is 4.74 Å². The van der Waals surface area contributed by atoms with E-state index in [-0.39, 0.29) is 5.41 Å². The van der Waals surface area contributed by atoms with Crippen LogP contribution in [0, 0.1) is 28.6 Å².